The van der Waals surface area contributed by atoms with Crippen LogP contribution < -0.4 is 5.14 Å². The van der Waals surface area contributed by atoms with Gasteiger partial charge >= 0.3 is 6.18 Å². The van der Waals surface area contributed by atoms with Crippen molar-refractivity contribution < 1.29 is 21.6 Å². The van der Waals surface area contributed by atoms with Crippen LogP contribution >= 0.6 is 22.9 Å². The van der Waals surface area contributed by atoms with E-state index in [2.05, 4.69) is 15.0 Å². The molecule has 0 saturated carbocycles. The number of primary sulfonamides is 1. The maximum absolute atomic E-state index is 13.6. The molecule has 1 aromatic carbocycles. The number of benzene rings is 1. The lowest BCUT2D eigenvalue weighted by Gasteiger charge is -2.12. The lowest BCUT2D eigenvalue weighted by Crippen LogP contribution is -2.10. The van der Waals surface area contributed by atoms with Crippen molar-refractivity contribution in [3.8, 4) is 33.2 Å². The zero-order valence-corrected chi connectivity index (χ0v) is 19.1. The molecule has 170 valence electrons. The molecule has 0 atom stereocenters. The fourth-order valence-corrected chi connectivity index (χ4v) is 4.80. The van der Waals surface area contributed by atoms with Crippen LogP contribution in [0.5, 0.6) is 0 Å². The minimum Gasteiger partial charge on any atom is -0.255 e. The second-order valence-corrected chi connectivity index (χ2v) is 10.3. The van der Waals surface area contributed by atoms with Crippen molar-refractivity contribution in [1.29, 1.82) is 0 Å². The number of nitrogens with two attached hydrogens (primary N) is 1. The highest BCUT2D eigenvalue weighted by Crippen LogP contribution is 2.34. The van der Waals surface area contributed by atoms with Crippen molar-refractivity contribution in [2.75, 3.05) is 0 Å². The van der Waals surface area contributed by atoms with E-state index in [0.717, 1.165) is 17.4 Å². The Kier molecular flexibility index (Phi) is 5.99. The number of alkyl halides is 3. The van der Waals surface area contributed by atoms with E-state index in [4.69, 9.17) is 16.7 Å². The smallest absolute Gasteiger partial charge is 0.255 e. The van der Waals surface area contributed by atoms with Crippen molar-refractivity contribution in [2.24, 2.45) is 5.14 Å². The lowest BCUT2D eigenvalue weighted by molar-refractivity contribution is -0.141. The zero-order valence-electron chi connectivity index (χ0n) is 16.8. The molecule has 0 saturated heterocycles. The molecule has 0 aliphatic carbocycles. The average Bonchev–Trinajstić information content (AvgIpc) is 3.26. The average molecular weight is 511 g/mol. The van der Waals surface area contributed by atoms with E-state index < -0.39 is 21.9 Å². The van der Waals surface area contributed by atoms with Crippen LogP contribution in [0.2, 0.25) is 5.02 Å². The Balaban J connectivity index is 1.84. The van der Waals surface area contributed by atoms with E-state index in [0.29, 0.717) is 26.7 Å². The predicted molar refractivity (Wildman–Crippen MR) is 120 cm³/mol. The van der Waals surface area contributed by atoms with Crippen LogP contribution in [-0.4, -0.2) is 23.4 Å². The van der Waals surface area contributed by atoms with E-state index in [9.17, 15) is 21.6 Å². The van der Waals surface area contributed by atoms with Crippen LogP contribution in [0.25, 0.3) is 33.2 Å². The molecule has 33 heavy (non-hydrogen) atoms. The maximum Gasteiger partial charge on any atom is 0.433 e. The number of thiophene rings is 1. The molecule has 0 aliphatic rings. The number of aryl methyl sites for hydroxylation is 1. The molecule has 0 fully saturated rings. The van der Waals surface area contributed by atoms with Crippen molar-refractivity contribution >= 4 is 33.0 Å². The standard InChI is InChI=1S/C21H14ClF3N4O2S2/c1-11-8-12(2-3-14(11)22)15-10-18(21(23,24)25)29-20(28-15)13-6-7-27-16(9-13)17-4-5-19(32-17)33(26,30)31/h2-10H,1H3,(H2,26,30,31). The molecule has 12 heteroatoms. The highest BCUT2D eigenvalue weighted by atomic mass is 35.5. The SMILES string of the molecule is Cc1cc(-c2cc(C(F)(F)F)nc(-c3ccnc(-c4ccc(S(N)(=O)=O)s4)c3)n2)ccc1Cl. The molecule has 0 aliphatic heterocycles. The van der Waals surface area contributed by atoms with Gasteiger partial charge in [-0.2, -0.15) is 13.2 Å². The summed E-state index contributed by atoms with van der Waals surface area (Å²) in [4.78, 5) is 12.7. The number of rotatable bonds is 4. The second kappa shape index (κ2) is 8.49. The van der Waals surface area contributed by atoms with Crippen LogP contribution in [-0.2, 0) is 16.2 Å². The predicted octanol–water partition coefficient (Wildman–Crippen LogP) is 5.56. The van der Waals surface area contributed by atoms with Gasteiger partial charge in [0.15, 0.2) is 5.82 Å². The van der Waals surface area contributed by atoms with Gasteiger partial charge in [0.25, 0.3) is 0 Å². The third-order valence-corrected chi connectivity index (χ3v) is 7.57. The maximum atomic E-state index is 13.6. The van der Waals surface area contributed by atoms with Gasteiger partial charge in [-0.15, -0.1) is 11.3 Å². The van der Waals surface area contributed by atoms with Crippen LogP contribution in [0.3, 0.4) is 0 Å². The quantitative estimate of drug-likeness (QED) is 0.387. The minimum absolute atomic E-state index is 0.0552. The van der Waals surface area contributed by atoms with Gasteiger partial charge < -0.3 is 0 Å². The summed E-state index contributed by atoms with van der Waals surface area (Å²) >= 11 is 6.94. The van der Waals surface area contributed by atoms with Gasteiger partial charge in [0.05, 0.1) is 16.3 Å². The topological polar surface area (TPSA) is 98.8 Å². The van der Waals surface area contributed by atoms with Crippen LogP contribution in [0, 0.1) is 6.92 Å². The fraction of sp³-hybridized carbons (Fsp3) is 0.0952. The summed E-state index contributed by atoms with van der Waals surface area (Å²) in [5, 5.41) is 5.63. The number of halogens is 4. The first-order valence-electron chi connectivity index (χ1n) is 9.24. The van der Waals surface area contributed by atoms with Crippen molar-refractivity contribution in [3.05, 3.63) is 71.0 Å². The molecule has 0 amide bonds. The molecule has 0 unspecified atom stereocenters. The Morgan fingerprint density at radius 1 is 0.970 bits per heavy atom. The first-order valence-corrected chi connectivity index (χ1v) is 12.0. The highest BCUT2D eigenvalue weighted by Gasteiger charge is 2.34. The van der Waals surface area contributed by atoms with Crippen LogP contribution in [0.1, 0.15) is 11.3 Å². The van der Waals surface area contributed by atoms with Gasteiger partial charge in [0.2, 0.25) is 10.0 Å². The van der Waals surface area contributed by atoms with E-state index >= 15 is 0 Å². The van der Waals surface area contributed by atoms with E-state index in [-0.39, 0.29) is 21.3 Å². The summed E-state index contributed by atoms with van der Waals surface area (Å²) in [5.74, 6) is -0.153. The molecule has 3 heterocycles. The molecule has 4 rings (SSSR count). The van der Waals surface area contributed by atoms with Gasteiger partial charge in [-0.3, -0.25) is 4.98 Å². The molecule has 0 spiro atoms. The van der Waals surface area contributed by atoms with Crippen molar-refractivity contribution in [1.82, 2.24) is 15.0 Å². The normalized spacial score (nSPS) is 12.2. The lowest BCUT2D eigenvalue weighted by atomic mass is 10.1. The number of aromatic nitrogens is 3. The third kappa shape index (κ3) is 5.06. The summed E-state index contributed by atoms with van der Waals surface area (Å²) in [5.41, 5.74) is 0.758. The number of hydrogen-bond acceptors (Lipinski definition) is 6. The molecular formula is C21H14ClF3N4O2S2. The summed E-state index contributed by atoms with van der Waals surface area (Å²) in [6.07, 6.45) is -3.31. The van der Waals surface area contributed by atoms with Gasteiger partial charge in [-0.1, -0.05) is 17.7 Å². The molecule has 4 aromatic rings. The first-order chi connectivity index (χ1) is 15.4. The molecule has 2 N–H and O–H groups in total. The summed E-state index contributed by atoms with van der Waals surface area (Å²) < 4.78 is 63.8. The van der Waals surface area contributed by atoms with Crippen molar-refractivity contribution in [2.45, 2.75) is 17.3 Å². The minimum atomic E-state index is -4.69. The summed E-state index contributed by atoms with van der Waals surface area (Å²) in [6.45, 7) is 1.74. The van der Waals surface area contributed by atoms with E-state index in [1.165, 1.54) is 30.5 Å². The summed E-state index contributed by atoms with van der Waals surface area (Å²) in [7, 11) is -3.89. The number of pyridine rings is 1. The van der Waals surface area contributed by atoms with E-state index in [1.54, 1.807) is 25.1 Å². The number of nitrogens with zero attached hydrogens (tertiary/aromatic N) is 3. The largest absolute Gasteiger partial charge is 0.433 e. The second-order valence-electron chi connectivity index (χ2n) is 7.02. The molecular weight excluding hydrogens is 497 g/mol. The number of sulfonamides is 1. The Morgan fingerprint density at radius 2 is 1.73 bits per heavy atom. The number of hydrogen-bond donors (Lipinski definition) is 1. The van der Waals surface area contributed by atoms with Gasteiger partial charge in [0.1, 0.15) is 9.90 Å². The zero-order chi connectivity index (χ0) is 24.0. The van der Waals surface area contributed by atoms with Crippen LogP contribution in [0.4, 0.5) is 13.2 Å². The Labute approximate surface area is 196 Å². The Morgan fingerprint density at radius 3 is 2.36 bits per heavy atom. The first kappa shape index (κ1) is 23.3. The Bertz CT molecular complexity index is 1470. The van der Waals surface area contributed by atoms with Gasteiger partial charge in [-0.25, -0.2) is 23.5 Å². The van der Waals surface area contributed by atoms with E-state index in [1.807, 2.05) is 0 Å². The van der Waals surface area contributed by atoms with Gasteiger partial charge in [-0.05, 0) is 55.0 Å². The highest BCUT2D eigenvalue weighted by molar-refractivity contribution is 7.91. The van der Waals surface area contributed by atoms with Crippen molar-refractivity contribution in [3.63, 3.8) is 0 Å². The molecule has 6 nitrogen and oxygen atoms in total. The molecule has 0 bridgehead atoms. The summed E-state index contributed by atoms with van der Waals surface area (Å²) in [6, 6.07) is 11.5. The van der Waals surface area contributed by atoms with Gasteiger partial charge in [0, 0.05) is 22.3 Å². The third-order valence-electron chi connectivity index (χ3n) is 4.60. The monoisotopic (exact) mass is 510 g/mol. The van der Waals surface area contributed by atoms with Crippen LogP contribution in [0.15, 0.2) is 58.9 Å². The Hall–Kier alpha value is -2.86. The molecule has 3 aromatic heterocycles. The molecule has 0 radical (unpaired) electrons. The fourth-order valence-electron chi connectivity index (χ4n) is 2.99.